The molecular formula is C7H12FeO2. The van der Waals surface area contributed by atoms with E-state index in [4.69, 9.17) is 4.74 Å². The Hall–Kier alpha value is -0.271. The number of hydrogen-bond acceptors (Lipinski definition) is 2. The number of carbonyl (C=O) groups is 1. The molecule has 0 bridgehead atoms. The van der Waals surface area contributed by atoms with Gasteiger partial charge in [0.1, 0.15) is 5.60 Å². The smallest absolute Gasteiger partial charge is 0.330 e. The van der Waals surface area contributed by atoms with Gasteiger partial charge in [-0.3, -0.25) is 0 Å². The molecule has 0 rings (SSSR count). The van der Waals surface area contributed by atoms with Gasteiger partial charge >= 0.3 is 5.97 Å². The maximum Gasteiger partial charge on any atom is 0.330 e. The first-order valence-corrected chi connectivity index (χ1v) is 2.81. The molecule has 3 heteroatoms. The van der Waals surface area contributed by atoms with Gasteiger partial charge < -0.3 is 4.74 Å². The SMILES string of the molecule is C=CC(=O)OC(C)(C)C.[Fe]. The molecule has 0 atom stereocenters. The van der Waals surface area contributed by atoms with Crippen LogP contribution in [0.1, 0.15) is 20.8 Å². The number of carbonyl (C=O) groups excluding carboxylic acids is 1. The standard InChI is InChI=1S/C7H12O2.Fe/c1-5-6(8)9-7(2,3)4;/h5H,1H2,2-4H3;. The molecule has 0 aromatic heterocycles. The fourth-order valence-corrected chi connectivity index (χ4v) is 0.343. The van der Waals surface area contributed by atoms with Crippen molar-refractivity contribution >= 4 is 5.97 Å². The van der Waals surface area contributed by atoms with Crippen molar-refractivity contribution in [3.05, 3.63) is 12.7 Å². The fourth-order valence-electron chi connectivity index (χ4n) is 0.343. The van der Waals surface area contributed by atoms with Crippen LogP contribution < -0.4 is 0 Å². The Labute approximate surface area is 72.1 Å². The van der Waals surface area contributed by atoms with Crippen molar-refractivity contribution in [1.82, 2.24) is 0 Å². The quantitative estimate of drug-likeness (QED) is 0.350. The second kappa shape index (κ2) is 4.53. The molecule has 0 unspecified atom stereocenters. The molecule has 0 saturated carbocycles. The molecule has 0 amide bonds. The van der Waals surface area contributed by atoms with Crippen molar-refractivity contribution in [2.75, 3.05) is 0 Å². The minimum Gasteiger partial charge on any atom is -0.457 e. The van der Waals surface area contributed by atoms with Crippen LogP contribution in [0.5, 0.6) is 0 Å². The minimum atomic E-state index is -0.398. The molecule has 0 heterocycles. The van der Waals surface area contributed by atoms with Gasteiger partial charge in [0.25, 0.3) is 0 Å². The van der Waals surface area contributed by atoms with Gasteiger partial charge in [-0.1, -0.05) is 6.58 Å². The Balaban J connectivity index is 0. The number of rotatable bonds is 1. The van der Waals surface area contributed by atoms with E-state index in [0.29, 0.717) is 0 Å². The van der Waals surface area contributed by atoms with E-state index < -0.39 is 5.60 Å². The zero-order valence-corrected chi connectivity index (χ0v) is 7.56. The van der Waals surface area contributed by atoms with Gasteiger partial charge in [0.2, 0.25) is 0 Å². The van der Waals surface area contributed by atoms with Gasteiger partial charge in [-0.05, 0) is 20.8 Å². The molecular weight excluding hydrogens is 172 g/mol. The maximum absolute atomic E-state index is 10.5. The van der Waals surface area contributed by atoms with E-state index in [0.717, 1.165) is 6.08 Å². The number of hydrogen-bond donors (Lipinski definition) is 0. The van der Waals surface area contributed by atoms with Crippen molar-refractivity contribution in [1.29, 1.82) is 0 Å². The first-order valence-electron chi connectivity index (χ1n) is 2.81. The third-order valence-corrected chi connectivity index (χ3v) is 0.573. The summed E-state index contributed by atoms with van der Waals surface area (Å²) in [7, 11) is 0. The van der Waals surface area contributed by atoms with E-state index in [1.54, 1.807) is 0 Å². The Morgan fingerprint density at radius 2 is 1.90 bits per heavy atom. The van der Waals surface area contributed by atoms with Crippen LogP contribution in [0.15, 0.2) is 12.7 Å². The normalized spacial score (nSPS) is 9.50. The maximum atomic E-state index is 10.5. The van der Waals surface area contributed by atoms with Crippen LogP contribution in [-0.2, 0) is 26.6 Å². The summed E-state index contributed by atoms with van der Waals surface area (Å²) in [6.45, 7) is 8.71. The van der Waals surface area contributed by atoms with Crippen molar-refractivity contribution in [2.45, 2.75) is 26.4 Å². The van der Waals surface area contributed by atoms with Crippen LogP contribution in [-0.4, -0.2) is 11.6 Å². The van der Waals surface area contributed by atoms with E-state index in [1.165, 1.54) is 0 Å². The molecule has 0 spiro atoms. The van der Waals surface area contributed by atoms with Crippen molar-refractivity contribution < 1.29 is 26.6 Å². The average molecular weight is 184 g/mol. The molecule has 10 heavy (non-hydrogen) atoms. The summed E-state index contributed by atoms with van der Waals surface area (Å²) in [5, 5.41) is 0. The zero-order valence-electron chi connectivity index (χ0n) is 6.45. The van der Waals surface area contributed by atoms with Crippen LogP contribution in [0.25, 0.3) is 0 Å². The van der Waals surface area contributed by atoms with Crippen molar-refractivity contribution in [2.24, 2.45) is 0 Å². The number of esters is 1. The van der Waals surface area contributed by atoms with Gasteiger partial charge in [0.15, 0.2) is 0 Å². The fraction of sp³-hybridized carbons (Fsp3) is 0.571. The van der Waals surface area contributed by atoms with Gasteiger partial charge in [0, 0.05) is 23.1 Å². The summed E-state index contributed by atoms with van der Waals surface area (Å²) in [4.78, 5) is 10.5. The summed E-state index contributed by atoms with van der Waals surface area (Å²) < 4.78 is 4.83. The van der Waals surface area contributed by atoms with Crippen LogP contribution in [0.3, 0.4) is 0 Å². The summed E-state index contributed by atoms with van der Waals surface area (Å²) in [6.07, 6.45) is 1.16. The molecule has 0 saturated heterocycles. The molecule has 0 N–H and O–H groups in total. The van der Waals surface area contributed by atoms with Crippen LogP contribution in [0.2, 0.25) is 0 Å². The molecule has 0 fully saturated rings. The van der Waals surface area contributed by atoms with Crippen LogP contribution in [0, 0.1) is 0 Å². The molecule has 0 aromatic rings. The Morgan fingerprint density at radius 3 is 2.00 bits per heavy atom. The van der Waals surface area contributed by atoms with Crippen LogP contribution in [0.4, 0.5) is 0 Å². The second-order valence-electron chi connectivity index (χ2n) is 2.74. The molecule has 0 aliphatic heterocycles. The summed E-state index contributed by atoms with van der Waals surface area (Å²) >= 11 is 0. The van der Waals surface area contributed by atoms with Crippen LogP contribution >= 0.6 is 0 Å². The molecule has 0 aliphatic carbocycles. The summed E-state index contributed by atoms with van der Waals surface area (Å²) in [6, 6.07) is 0. The van der Waals surface area contributed by atoms with Crippen molar-refractivity contribution in [3.63, 3.8) is 0 Å². The van der Waals surface area contributed by atoms with Gasteiger partial charge in [-0.25, -0.2) is 4.79 Å². The molecule has 60 valence electrons. The Bertz CT molecular complexity index is 124. The number of ether oxygens (including phenoxy) is 1. The average Bonchev–Trinajstić information content (AvgIpc) is 1.62. The summed E-state index contributed by atoms with van der Waals surface area (Å²) in [5.41, 5.74) is -0.398. The van der Waals surface area contributed by atoms with Gasteiger partial charge in [0.05, 0.1) is 0 Å². The predicted octanol–water partition coefficient (Wildman–Crippen LogP) is 1.51. The molecule has 0 radical (unpaired) electrons. The predicted molar refractivity (Wildman–Crippen MR) is 36.0 cm³/mol. The first kappa shape index (κ1) is 12.4. The van der Waals surface area contributed by atoms with E-state index >= 15 is 0 Å². The molecule has 0 aromatic carbocycles. The van der Waals surface area contributed by atoms with E-state index in [2.05, 4.69) is 6.58 Å². The second-order valence-corrected chi connectivity index (χ2v) is 2.74. The zero-order chi connectivity index (χ0) is 7.49. The third-order valence-electron chi connectivity index (χ3n) is 0.573. The Kier molecular flexibility index (Phi) is 5.62. The van der Waals surface area contributed by atoms with Gasteiger partial charge in [-0.2, -0.15) is 0 Å². The first-order chi connectivity index (χ1) is 3.95. The third kappa shape index (κ3) is 7.73. The monoisotopic (exact) mass is 184 g/mol. The van der Waals surface area contributed by atoms with E-state index in [9.17, 15) is 4.79 Å². The summed E-state index contributed by atoms with van der Waals surface area (Å²) in [5.74, 6) is -0.373. The van der Waals surface area contributed by atoms with Crippen molar-refractivity contribution in [3.8, 4) is 0 Å². The topological polar surface area (TPSA) is 26.3 Å². The molecule has 0 aliphatic rings. The molecule has 2 nitrogen and oxygen atoms in total. The van der Waals surface area contributed by atoms with E-state index in [1.807, 2.05) is 20.8 Å². The minimum absolute atomic E-state index is 0. The largest absolute Gasteiger partial charge is 0.457 e. The Morgan fingerprint density at radius 1 is 1.50 bits per heavy atom. The van der Waals surface area contributed by atoms with E-state index in [-0.39, 0.29) is 23.0 Å². The van der Waals surface area contributed by atoms with Gasteiger partial charge in [-0.15, -0.1) is 0 Å².